The maximum atomic E-state index is 5.73. The fraction of sp³-hybridized carbons (Fsp3) is 0.375. The van der Waals surface area contributed by atoms with Crippen molar-refractivity contribution in [2.24, 2.45) is 5.10 Å². The average molecular weight is 321 g/mol. The zero-order valence-corrected chi connectivity index (χ0v) is 13.9. The van der Waals surface area contributed by atoms with Crippen LogP contribution in [0, 0.1) is 0 Å². The molecule has 0 aromatic heterocycles. The number of nitrogens with zero attached hydrogens (tertiary/aromatic N) is 1. The topological polar surface area (TPSA) is 54.9 Å². The van der Waals surface area contributed by atoms with Crippen LogP contribution in [-0.4, -0.2) is 31.6 Å². The zero-order chi connectivity index (χ0) is 16.2. The highest BCUT2D eigenvalue weighted by Gasteiger charge is 2.04. The van der Waals surface area contributed by atoms with E-state index in [9.17, 15) is 0 Å². The first-order valence-corrected chi connectivity index (χ1v) is 7.60. The first-order valence-electron chi connectivity index (χ1n) is 7.19. The smallest absolute Gasteiger partial charge is 0.187 e. The Morgan fingerprint density at radius 3 is 2.91 bits per heavy atom. The highest BCUT2D eigenvalue weighted by Crippen LogP contribution is 2.27. The molecule has 5 nitrogen and oxygen atoms in total. The molecule has 6 heteroatoms. The Morgan fingerprint density at radius 1 is 1.41 bits per heavy atom. The molecule has 0 heterocycles. The molecule has 0 saturated carbocycles. The van der Waals surface area contributed by atoms with Crippen LogP contribution in [-0.2, 0) is 0 Å². The van der Waals surface area contributed by atoms with Gasteiger partial charge in [0.25, 0.3) is 0 Å². The summed E-state index contributed by atoms with van der Waals surface area (Å²) >= 11 is 5.04. The number of rotatable bonds is 9. The van der Waals surface area contributed by atoms with Gasteiger partial charge in [-0.15, -0.1) is 6.58 Å². The number of thiocarbonyl (C=S) groups is 1. The lowest BCUT2D eigenvalue weighted by Gasteiger charge is -2.11. The van der Waals surface area contributed by atoms with Crippen LogP contribution < -0.4 is 20.2 Å². The van der Waals surface area contributed by atoms with Crippen LogP contribution >= 0.6 is 12.2 Å². The summed E-state index contributed by atoms with van der Waals surface area (Å²) in [5.41, 5.74) is 3.63. The summed E-state index contributed by atoms with van der Waals surface area (Å²) in [6.07, 6.45) is 5.49. The summed E-state index contributed by atoms with van der Waals surface area (Å²) in [5, 5.41) is 7.45. The quantitative estimate of drug-likeness (QED) is 0.241. The number of hydrogen-bond donors (Lipinski definition) is 2. The molecule has 1 aromatic carbocycles. The van der Waals surface area contributed by atoms with Gasteiger partial charge in [-0.3, -0.25) is 5.43 Å². The van der Waals surface area contributed by atoms with E-state index < -0.39 is 0 Å². The van der Waals surface area contributed by atoms with Crippen molar-refractivity contribution in [2.45, 2.75) is 19.8 Å². The number of ether oxygens (including phenoxy) is 2. The van der Waals surface area contributed by atoms with Gasteiger partial charge in [0.05, 0.1) is 19.9 Å². The van der Waals surface area contributed by atoms with Crippen molar-refractivity contribution < 1.29 is 9.47 Å². The Kier molecular flexibility index (Phi) is 8.67. The van der Waals surface area contributed by atoms with Gasteiger partial charge in [-0.05, 0) is 42.4 Å². The molecule has 1 rings (SSSR count). The normalized spacial score (nSPS) is 10.3. The lowest BCUT2D eigenvalue weighted by Crippen LogP contribution is -2.31. The van der Waals surface area contributed by atoms with Crippen molar-refractivity contribution in [1.29, 1.82) is 0 Å². The second-order valence-corrected chi connectivity index (χ2v) is 4.89. The van der Waals surface area contributed by atoms with E-state index in [0.29, 0.717) is 29.8 Å². The third-order valence-corrected chi connectivity index (χ3v) is 2.97. The van der Waals surface area contributed by atoms with Gasteiger partial charge in [0, 0.05) is 6.54 Å². The lowest BCUT2D eigenvalue weighted by molar-refractivity contribution is 0.288. The third-order valence-electron chi connectivity index (χ3n) is 2.73. The van der Waals surface area contributed by atoms with Gasteiger partial charge in [-0.25, -0.2) is 0 Å². The van der Waals surface area contributed by atoms with Crippen LogP contribution in [0.25, 0.3) is 0 Å². The molecule has 0 amide bonds. The van der Waals surface area contributed by atoms with Gasteiger partial charge in [0.2, 0.25) is 0 Å². The molecule has 0 fully saturated rings. The first kappa shape index (κ1) is 18.0. The van der Waals surface area contributed by atoms with Crippen molar-refractivity contribution in [1.82, 2.24) is 10.7 Å². The predicted octanol–water partition coefficient (Wildman–Crippen LogP) is 2.86. The standard InChI is InChI=1S/C16H23N3O2S/c1-4-6-10-21-15-11-13(7-8-14(15)20-3)12-18-19-16(22)17-9-5-2/h5,7-8,11-12H,2,4,6,9-10H2,1,3H3,(H2,17,19,22)/b18-12-. The summed E-state index contributed by atoms with van der Waals surface area (Å²) in [5.74, 6) is 1.43. The Balaban J connectivity index is 2.64. The Bertz CT molecular complexity index is 518. The van der Waals surface area contributed by atoms with Crippen molar-refractivity contribution in [2.75, 3.05) is 20.3 Å². The molecule has 0 aliphatic heterocycles. The molecule has 1 aromatic rings. The van der Waals surface area contributed by atoms with Crippen molar-refractivity contribution >= 4 is 23.5 Å². The number of hydrazone groups is 1. The maximum absolute atomic E-state index is 5.73. The number of hydrogen-bond acceptors (Lipinski definition) is 4. The highest BCUT2D eigenvalue weighted by atomic mass is 32.1. The van der Waals surface area contributed by atoms with Crippen molar-refractivity contribution in [3.8, 4) is 11.5 Å². The minimum atomic E-state index is 0.448. The van der Waals surface area contributed by atoms with Gasteiger partial charge in [-0.2, -0.15) is 5.10 Å². The number of methoxy groups -OCH3 is 1. The van der Waals surface area contributed by atoms with Crippen molar-refractivity contribution in [3.05, 3.63) is 36.4 Å². The molecule has 0 aliphatic carbocycles. The van der Waals surface area contributed by atoms with E-state index in [1.54, 1.807) is 19.4 Å². The fourth-order valence-electron chi connectivity index (χ4n) is 1.58. The van der Waals surface area contributed by atoms with E-state index >= 15 is 0 Å². The Labute approximate surface area is 137 Å². The summed E-state index contributed by atoms with van der Waals surface area (Å²) in [6.45, 7) is 6.99. The minimum Gasteiger partial charge on any atom is -0.493 e. The average Bonchev–Trinajstić information content (AvgIpc) is 2.53. The Morgan fingerprint density at radius 2 is 2.23 bits per heavy atom. The van der Waals surface area contributed by atoms with Gasteiger partial charge in [0.1, 0.15) is 0 Å². The van der Waals surface area contributed by atoms with Gasteiger partial charge in [-0.1, -0.05) is 19.4 Å². The molecule has 0 atom stereocenters. The SMILES string of the molecule is C=CCNC(=S)N/N=C\c1ccc(OC)c(OCCCC)c1. The zero-order valence-electron chi connectivity index (χ0n) is 13.1. The number of benzene rings is 1. The van der Waals surface area contributed by atoms with Crippen LogP contribution in [0.15, 0.2) is 36.0 Å². The Hall–Kier alpha value is -2.08. The molecule has 2 N–H and O–H groups in total. The highest BCUT2D eigenvalue weighted by molar-refractivity contribution is 7.80. The molecule has 0 aliphatic rings. The molecular formula is C16H23N3O2S. The number of nitrogens with one attached hydrogen (secondary N) is 2. The third kappa shape index (κ3) is 6.58. The second-order valence-electron chi connectivity index (χ2n) is 4.48. The van der Waals surface area contributed by atoms with E-state index in [1.165, 1.54) is 0 Å². The number of unbranched alkanes of at least 4 members (excludes halogenated alkanes) is 1. The largest absolute Gasteiger partial charge is 0.493 e. The van der Waals surface area contributed by atoms with E-state index in [4.69, 9.17) is 21.7 Å². The molecule has 22 heavy (non-hydrogen) atoms. The van der Waals surface area contributed by atoms with Gasteiger partial charge in [0.15, 0.2) is 16.6 Å². The predicted molar refractivity (Wildman–Crippen MR) is 94.9 cm³/mol. The lowest BCUT2D eigenvalue weighted by atomic mass is 10.2. The summed E-state index contributed by atoms with van der Waals surface area (Å²) < 4.78 is 11.0. The van der Waals surface area contributed by atoms with Crippen LogP contribution in [0.5, 0.6) is 11.5 Å². The molecule has 120 valence electrons. The van der Waals surface area contributed by atoms with Gasteiger partial charge < -0.3 is 14.8 Å². The molecular weight excluding hydrogens is 298 g/mol. The molecule has 0 bridgehead atoms. The summed E-state index contributed by atoms with van der Waals surface area (Å²) in [6, 6.07) is 5.65. The monoisotopic (exact) mass is 321 g/mol. The fourth-order valence-corrected chi connectivity index (χ4v) is 1.72. The van der Waals surface area contributed by atoms with Crippen LogP contribution in [0.2, 0.25) is 0 Å². The van der Waals surface area contributed by atoms with Crippen LogP contribution in [0.1, 0.15) is 25.3 Å². The van der Waals surface area contributed by atoms with E-state index in [-0.39, 0.29) is 0 Å². The molecule has 0 spiro atoms. The first-order chi connectivity index (χ1) is 10.7. The molecule has 0 unspecified atom stereocenters. The van der Waals surface area contributed by atoms with E-state index in [2.05, 4.69) is 29.3 Å². The maximum Gasteiger partial charge on any atom is 0.187 e. The van der Waals surface area contributed by atoms with Crippen LogP contribution in [0.3, 0.4) is 0 Å². The second kappa shape index (κ2) is 10.6. The molecule has 0 radical (unpaired) electrons. The summed E-state index contributed by atoms with van der Waals surface area (Å²) in [4.78, 5) is 0. The van der Waals surface area contributed by atoms with Crippen LogP contribution in [0.4, 0.5) is 0 Å². The molecule has 0 saturated heterocycles. The van der Waals surface area contributed by atoms with Crippen molar-refractivity contribution in [3.63, 3.8) is 0 Å². The minimum absolute atomic E-state index is 0.448. The van der Waals surface area contributed by atoms with Gasteiger partial charge >= 0.3 is 0 Å². The van der Waals surface area contributed by atoms with E-state index in [0.717, 1.165) is 18.4 Å². The van der Waals surface area contributed by atoms with E-state index in [1.807, 2.05) is 18.2 Å². The summed E-state index contributed by atoms with van der Waals surface area (Å²) in [7, 11) is 1.63.